The molecule has 0 aromatic heterocycles. The SMILES string of the molecule is OCC(O)C(O)c1cc(O)cc(Cl)c1. The van der Waals surface area contributed by atoms with Crippen molar-refractivity contribution in [2.24, 2.45) is 0 Å². The van der Waals surface area contributed by atoms with Gasteiger partial charge in [0.2, 0.25) is 0 Å². The summed E-state index contributed by atoms with van der Waals surface area (Å²) in [7, 11) is 0. The van der Waals surface area contributed by atoms with E-state index >= 15 is 0 Å². The fraction of sp³-hybridized carbons (Fsp3) is 0.333. The van der Waals surface area contributed by atoms with Crippen LogP contribution in [0.3, 0.4) is 0 Å². The summed E-state index contributed by atoms with van der Waals surface area (Å²) >= 11 is 5.63. The average molecular weight is 219 g/mol. The second-order valence-corrected chi connectivity index (χ2v) is 3.37. The Morgan fingerprint density at radius 1 is 1.21 bits per heavy atom. The van der Waals surface area contributed by atoms with E-state index in [0.717, 1.165) is 0 Å². The van der Waals surface area contributed by atoms with Crippen molar-refractivity contribution >= 4 is 11.6 Å². The number of phenols is 1. The Morgan fingerprint density at radius 3 is 2.36 bits per heavy atom. The van der Waals surface area contributed by atoms with Gasteiger partial charge in [-0.3, -0.25) is 0 Å². The van der Waals surface area contributed by atoms with Crippen LogP contribution in [0.5, 0.6) is 5.75 Å². The molecule has 2 atom stereocenters. The van der Waals surface area contributed by atoms with Gasteiger partial charge in [0.1, 0.15) is 18.0 Å². The molecule has 0 spiro atoms. The molecule has 0 saturated heterocycles. The maximum absolute atomic E-state index is 9.46. The number of phenolic OH excluding ortho intramolecular Hbond substituents is 1. The molecule has 0 radical (unpaired) electrons. The van der Waals surface area contributed by atoms with Crippen molar-refractivity contribution in [2.45, 2.75) is 12.2 Å². The lowest BCUT2D eigenvalue weighted by atomic mass is 10.0. The van der Waals surface area contributed by atoms with Crippen LogP contribution in [-0.2, 0) is 0 Å². The zero-order chi connectivity index (χ0) is 10.7. The molecule has 78 valence electrons. The van der Waals surface area contributed by atoms with Crippen LogP contribution in [0.4, 0.5) is 0 Å². The molecule has 14 heavy (non-hydrogen) atoms. The summed E-state index contributed by atoms with van der Waals surface area (Å²) in [4.78, 5) is 0. The van der Waals surface area contributed by atoms with E-state index in [0.29, 0.717) is 0 Å². The van der Waals surface area contributed by atoms with Gasteiger partial charge in [0, 0.05) is 5.02 Å². The molecule has 1 aromatic carbocycles. The Labute approximate surface area is 86.0 Å². The molecule has 0 saturated carbocycles. The first-order valence-electron chi connectivity index (χ1n) is 4.01. The Kier molecular flexibility index (Phi) is 3.71. The molecule has 0 amide bonds. The first-order valence-corrected chi connectivity index (χ1v) is 4.39. The van der Waals surface area contributed by atoms with Gasteiger partial charge < -0.3 is 20.4 Å². The first-order chi connectivity index (χ1) is 6.54. The normalized spacial score (nSPS) is 15.1. The van der Waals surface area contributed by atoms with Gasteiger partial charge in [-0.15, -0.1) is 0 Å². The van der Waals surface area contributed by atoms with Crippen LogP contribution in [-0.4, -0.2) is 33.1 Å². The summed E-state index contributed by atoms with van der Waals surface area (Å²) in [6, 6.07) is 3.99. The maximum atomic E-state index is 9.46. The van der Waals surface area contributed by atoms with Crippen molar-refractivity contribution in [3.8, 4) is 5.75 Å². The molecule has 0 fully saturated rings. The molecule has 0 aliphatic rings. The van der Waals surface area contributed by atoms with Gasteiger partial charge in [0.25, 0.3) is 0 Å². The van der Waals surface area contributed by atoms with Gasteiger partial charge in [-0.05, 0) is 23.8 Å². The zero-order valence-corrected chi connectivity index (χ0v) is 8.02. The predicted molar refractivity (Wildman–Crippen MR) is 51.2 cm³/mol. The van der Waals surface area contributed by atoms with E-state index in [9.17, 15) is 5.11 Å². The van der Waals surface area contributed by atoms with Crippen molar-refractivity contribution < 1.29 is 20.4 Å². The van der Waals surface area contributed by atoms with E-state index in [-0.39, 0.29) is 16.3 Å². The quantitative estimate of drug-likeness (QED) is 0.593. The fourth-order valence-electron chi connectivity index (χ4n) is 1.09. The van der Waals surface area contributed by atoms with E-state index in [1.165, 1.54) is 18.2 Å². The number of hydrogen-bond donors (Lipinski definition) is 4. The van der Waals surface area contributed by atoms with Gasteiger partial charge in [-0.2, -0.15) is 0 Å². The number of benzene rings is 1. The van der Waals surface area contributed by atoms with E-state index in [1.54, 1.807) is 0 Å². The van der Waals surface area contributed by atoms with Gasteiger partial charge in [-0.1, -0.05) is 11.6 Å². The van der Waals surface area contributed by atoms with Crippen LogP contribution >= 0.6 is 11.6 Å². The van der Waals surface area contributed by atoms with Gasteiger partial charge in [0.05, 0.1) is 6.61 Å². The first kappa shape index (κ1) is 11.3. The topological polar surface area (TPSA) is 80.9 Å². The van der Waals surface area contributed by atoms with E-state index in [4.69, 9.17) is 26.9 Å². The van der Waals surface area contributed by atoms with Gasteiger partial charge >= 0.3 is 0 Å². The monoisotopic (exact) mass is 218 g/mol. The lowest BCUT2D eigenvalue weighted by Gasteiger charge is -2.16. The van der Waals surface area contributed by atoms with Crippen LogP contribution in [0.25, 0.3) is 0 Å². The molecular formula is C9H11ClO4. The minimum atomic E-state index is -1.28. The number of aliphatic hydroxyl groups is 3. The molecule has 4 N–H and O–H groups in total. The number of rotatable bonds is 3. The van der Waals surface area contributed by atoms with Crippen LogP contribution in [0.2, 0.25) is 5.02 Å². The lowest BCUT2D eigenvalue weighted by Crippen LogP contribution is -2.21. The summed E-state index contributed by atoms with van der Waals surface area (Å²) < 4.78 is 0. The Balaban J connectivity index is 2.94. The Morgan fingerprint density at radius 2 is 1.86 bits per heavy atom. The van der Waals surface area contributed by atoms with Gasteiger partial charge in [-0.25, -0.2) is 0 Å². The van der Waals surface area contributed by atoms with E-state index in [2.05, 4.69) is 0 Å². The Hall–Kier alpha value is -0.810. The summed E-state index contributed by atoms with van der Waals surface area (Å²) in [5.74, 6) is -0.100. The number of aliphatic hydroxyl groups excluding tert-OH is 3. The lowest BCUT2D eigenvalue weighted by molar-refractivity contribution is -0.0153. The van der Waals surface area contributed by atoms with Crippen LogP contribution in [0.15, 0.2) is 18.2 Å². The van der Waals surface area contributed by atoms with Crippen molar-refractivity contribution in [1.82, 2.24) is 0 Å². The van der Waals surface area contributed by atoms with Gasteiger partial charge in [0.15, 0.2) is 0 Å². The molecular weight excluding hydrogens is 208 g/mol. The summed E-state index contributed by atoms with van der Waals surface area (Å²) in [6.07, 6.45) is -2.54. The fourth-order valence-corrected chi connectivity index (χ4v) is 1.33. The van der Waals surface area contributed by atoms with E-state index in [1.807, 2.05) is 0 Å². The van der Waals surface area contributed by atoms with Crippen molar-refractivity contribution in [3.05, 3.63) is 28.8 Å². The summed E-state index contributed by atoms with van der Waals surface area (Å²) in [5, 5.41) is 36.6. The highest BCUT2D eigenvalue weighted by Gasteiger charge is 2.18. The van der Waals surface area contributed by atoms with Crippen molar-refractivity contribution in [3.63, 3.8) is 0 Å². The van der Waals surface area contributed by atoms with Crippen LogP contribution in [0.1, 0.15) is 11.7 Å². The standard InChI is InChI=1S/C9H11ClO4/c10-6-1-5(2-7(12)3-6)9(14)8(13)4-11/h1-3,8-9,11-14H,4H2. The molecule has 5 heteroatoms. The largest absolute Gasteiger partial charge is 0.508 e. The van der Waals surface area contributed by atoms with Crippen LogP contribution < -0.4 is 0 Å². The molecule has 1 rings (SSSR count). The third-order valence-corrected chi connectivity index (χ3v) is 2.02. The highest BCUT2D eigenvalue weighted by molar-refractivity contribution is 6.30. The number of hydrogen-bond acceptors (Lipinski definition) is 4. The van der Waals surface area contributed by atoms with Crippen LogP contribution in [0, 0.1) is 0 Å². The second kappa shape index (κ2) is 4.61. The minimum absolute atomic E-state index is 0.100. The predicted octanol–water partition coefficient (Wildman–Crippen LogP) is 0.432. The molecule has 4 nitrogen and oxygen atoms in total. The third kappa shape index (κ3) is 2.59. The molecule has 0 heterocycles. The highest BCUT2D eigenvalue weighted by Crippen LogP contribution is 2.25. The molecule has 2 unspecified atom stereocenters. The third-order valence-electron chi connectivity index (χ3n) is 1.80. The second-order valence-electron chi connectivity index (χ2n) is 2.94. The summed E-state index contributed by atoms with van der Waals surface area (Å²) in [5.41, 5.74) is 0.261. The molecule has 0 bridgehead atoms. The minimum Gasteiger partial charge on any atom is -0.508 e. The average Bonchev–Trinajstić information content (AvgIpc) is 2.14. The molecule has 1 aromatic rings. The van der Waals surface area contributed by atoms with Crippen molar-refractivity contribution in [1.29, 1.82) is 0 Å². The smallest absolute Gasteiger partial charge is 0.117 e. The molecule has 0 aliphatic heterocycles. The molecule has 0 aliphatic carbocycles. The Bertz CT molecular complexity index is 295. The zero-order valence-electron chi connectivity index (χ0n) is 7.26. The van der Waals surface area contributed by atoms with E-state index < -0.39 is 18.8 Å². The highest BCUT2D eigenvalue weighted by atomic mass is 35.5. The summed E-state index contributed by atoms with van der Waals surface area (Å²) in [6.45, 7) is -0.561. The van der Waals surface area contributed by atoms with Crippen molar-refractivity contribution in [2.75, 3.05) is 6.61 Å². The maximum Gasteiger partial charge on any atom is 0.117 e. The number of aromatic hydroxyl groups is 1. The number of halogens is 1.